The number of nitrogens with zero attached hydrogens (tertiary/aromatic N) is 1. The number of halogens is 1. The molecule has 0 aliphatic rings. The minimum Gasteiger partial charge on any atom is -0.216 e. The molecule has 0 heterocycles. The van der Waals surface area contributed by atoms with Crippen LogP contribution in [0.15, 0.2) is 60.9 Å². The number of unbranched alkanes of at least 4 members (excludes halogenated alkanes) is 4. The molecule has 0 fully saturated rings. The Balaban J connectivity index is 1.79. The van der Waals surface area contributed by atoms with E-state index in [0.717, 1.165) is 31.2 Å². The van der Waals surface area contributed by atoms with Crippen LogP contribution in [0.4, 0.5) is 4.39 Å². The predicted molar refractivity (Wildman–Crippen MR) is 93.6 cm³/mol. The van der Waals surface area contributed by atoms with Crippen molar-refractivity contribution in [3.05, 3.63) is 72.1 Å². The summed E-state index contributed by atoms with van der Waals surface area (Å²) < 4.78 is 11.8. The molecule has 0 radical (unpaired) electrons. The molecule has 1 nitrogen and oxygen atoms in total. The highest BCUT2D eigenvalue weighted by Gasteiger charge is 1.99. The van der Waals surface area contributed by atoms with Gasteiger partial charge in [-0.2, -0.15) is 5.26 Å². The van der Waals surface area contributed by atoms with Crippen molar-refractivity contribution in [1.82, 2.24) is 0 Å². The van der Waals surface area contributed by atoms with Gasteiger partial charge in [-0.3, -0.25) is 0 Å². The van der Waals surface area contributed by atoms with Crippen LogP contribution in [0.1, 0.15) is 43.2 Å². The fourth-order valence-corrected chi connectivity index (χ4v) is 2.61. The van der Waals surface area contributed by atoms with E-state index in [1.807, 2.05) is 24.3 Å². The van der Waals surface area contributed by atoms with Gasteiger partial charge in [0.25, 0.3) is 0 Å². The van der Waals surface area contributed by atoms with Gasteiger partial charge >= 0.3 is 0 Å². The first kappa shape index (κ1) is 17.0. The summed E-state index contributed by atoms with van der Waals surface area (Å²) in [4.78, 5) is 0. The number of hydrogen-bond donors (Lipinski definition) is 0. The van der Waals surface area contributed by atoms with Crippen molar-refractivity contribution in [3.8, 4) is 17.2 Å². The molecule has 0 saturated heterocycles. The monoisotopic (exact) mass is 307 g/mol. The maximum absolute atomic E-state index is 11.8. The van der Waals surface area contributed by atoms with Gasteiger partial charge in [-0.15, -0.1) is 0 Å². The zero-order valence-corrected chi connectivity index (χ0v) is 13.3. The fourth-order valence-electron chi connectivity index (χ4n) is 2.61. The minimum atomic E-state index is 0.634. The van der Waals surface area contributed by atoms with Crippen LogP contribution in [-0.2, 0) is 6.42 Å². The molecular formula is C21H22FN. The summed E-state index contributed by atoms with van der Waals surface area (Å²) in [5.74, 6) is 0. The van der Waals surface area contributed by atoms with Crippen LogP contribution in [-0.4, -0.2) is 0 Å². The van der Waals surface area contributed by atoms with Crippen LogP contribution in [0.3, 0.4) is 0 Å². The number of hydrogen-bond acceptors (Lipinski definition) is 1. The van der Waals surface area contributed by atoms with Crippen LogP contribution in [0, 0.1) is 11.3 Å². The van der Waals surface area contributed by atoms with Crippen molar-refractivity contribution in [1.29, 1.82) is 5.26 Å². The average Bonchev–Trinajstić information content (AvgIpc) is 2.61. The third-order valence-electron chi connectivity index (χ3n) is 3.98. The minimum absolute atomic E-state index is 0.634. The molecule has 0 unspecified atom stereocenters. The summed E-state index contributed by atoms with van der Waals surface area (Å²) in [5.41, 5.74) is 4.35. The van der Waals surface area contributed by atoms with Crippen LogP contribution in [0.2, 0.25) is 0 Å². The molecule has 0 aliphatic carbocycles. The summed E-state index contributed by atoms with van der Waals surface area (Å²) in [6.45, 7) is 0. The quantitative estimate of drug-likeness (QED) is 0.532. The van der Waals surface area contributed by atoms with E-state index in [-0.39, 0.29) is 0 Å². The molecule has 0 N–H and O–H groups in total. The predicted octanol–water partition coefficient (Wildman–Crippen LogP) is 6.20. The van der Waals surface area contributed by atoms with Crippen molar-refractivity contribution in [2.45, 2.75) is 38.5 Å². The number of allylic oxidation sites excluding steroid dienone is 1. The van der Waals surface area contributed by atoms with Crippen LogP contribution in [0.5, 0.6) is 0 Å². The van der Waals surface area contributed by atoms with E-state index in [2.05, 4.69) is 30.3 Å². The lowest BCUT2D eigenvalue weighted by Crippen LogP contribution is -1.87. The first-order valence-electron chi connectivity index (χ1n) is 8.18. The highest BCUT2D eigenvalue weighted by atomic mass is 19.1. The van der Waals surface area contributed by atoms with Gasteiger partial charge < -0.3 is 0 Å². The summed E-state index contributed by atoms with van der Waals surface area (Å²) in [7, 11) is 0. The lowest BCUT2D eigenvalue weighted by molar-refractivity contribution is 0.640. The molecule has 0 spiro atoms. The lowest BCUT2D eigenvalue weighted by atomic mass is 10.0. The Morgan fingerprint density at radius 2 is 1.43 bits per heavy atom. The number of aryl methyl sites for hydroxylation is 1. The van der Waals surface area contributed by atoms with Crippen molar-refractivity contribution in [2.24, 2.45) is 0 Å². The largest absolute Gasteiger partial charge is 0.216 e. The van der Waals surface area contributed by atoms with E-state index in [1.54, 1.807) is 6.08 Å². The average molecular weight is 307 g/mol. The topological polar surface area (TPSA) is 23.8 Å². The molecule has 0 bridgehead atoms. The smallest absolute Gasteiger partial charge is 0.0991 e. The van der Waals surface area contributed by atoms with Crippen LogP contribution >= 0.6 is 0 Å². The maximum atomic E-state index is 11.8. The Kier molecular flexibility index (Phi) is 7.07. The van der Waals surface area contributed by atoms with Gasteiger partial charge in [0.15, 0.2) is 0 Å². The second-order valence-electron chi connectivity index (χ2n) is 5.70. The summed E-state index contributed by atoms with van der Waals surface area (Å²) in [5, 5.41) is 8.83. The normalized spacial score (nSPS) is 10.8. The lowest BCUT2D eigenvalue weighted by Gasteiger charge is -2.05. The Labute approximate surface area is 138 Å². The van der Waals surface area contributed by atoms with E-state index in [9.17, 15) is 4.39 Å². The molecule has 2 aromatic carbocycles. The second kappa shape index (κ2) is 9.58. The van der Waals surface area contributed by atoms with Gasteiger partial charge in [-0.25, -0.2) is 4.39 Å². The van der Waals surface area contributed by atoms with Gasteiger partial charge in [0.2, 0.25) is 0 Å². The second-order valence-corrected chi connectivity index (χ2v) is 5.70. The number of rotatable bonds is 8. The highest BCUT2D eigenvalue weighted by Crippen LogP contribution is 2.21. The third kappa shape index (κ3) is 5.71. The van der Waals surface area contributed by atoms with Gasteiger partial charge in [0.05, 0.1) is 18.0 Å². The molecule has 2 heteroatoms. The van der Waals surface area contributed by atoms with Gasteiger partial charge in [-0.1, -0.05) is 55.3 Å². The Morgan fingerprint density at radius 3 is 2.04 bits per heavy atom. The molecule has 2 aromatic rings. The van der Waals surface area contributed by atoms with E-state index in [1.165, 1.54) is 24.0 Å². The standard InChI is InChI=1S/C21H22FN/c22-16-6-4-2-1-3-5-7-18-8-12-20(13-9-18)21-14-10-19(17-23)11-15-21/h6,8-16H,1-5,7H2. The van der Waals surface area contributed by atoms with Gasteiger partial charge in [0.1, 0.15) is 0 Å². The molecule has 23 heavy (non-hydrogen) atoms. The molecule has 0 aromatic heterocycles. The summed E-state index contributed by atoms with van der Waals surface area (Å²) >= 11 is 0. The zero-order chi connectivity index (χ0) is 16.3. The maximum Gasteiger partial charge on any atom is 0.0991 e. The van der Waals surface area contributed by atoms with E-state index in [4.69, 9.17) is 5.26 Å². The first-order chi connectivity index (χ1) is 11.3. The Bertz CT molecular complexity index is 648. The Morgan fingerprint density at radius 1 is 0.826 bits per heavy atom. The van der Waals surface area contributed by atoms with Gasteiger partial charge in [-0.05, 0) is 54.5 Å². The number of benzene rings is 2. The van der Waals surface area contributed by atoms with Crippen LogP contribution in [0.25, 0.3) is 11.1 Å². The summed E-state index contributed by atoms with van der Waals surface area (Å²) in [6.07, 6.45) is 8.75. The molecule has 0 amide bonds. The van der Waals surface area contributed by atoms with Crippen molar-refractivity contribution in [2.75, 3.05) is 0 Å². The molecule has 0 saturated carbocycles. The highest BCUT2D eigenvalue weighted by molar-refractivity contribution is 5.64. The first-order valence-corrected chi connectivity index (χ1v) is 8.18. The van der Waals surface area contributed by atoms with E-state index < -0.39 is 0 Å². The van der Waals surface area contributed by atoms with E-state index >= 15 is 0 Å². The van der Waals surface area contributed by atoms with Crippen molar-refractivity contribution >= 4 is 0 Å². The van der Waals surface area contributed by atoms with Crippen molar-refractivity contribution < 1.29 is 4.39 Å². The summed E-state index contributed by atoms with van der Waals surface area (Å²) in [6, 6.07) is 18.4. The molecule has 0 atom stereocenters. The SMILES string of the molecule is N#Cc1ccc(-c2ccc(CCCCCCC=CF)cc2)cc1. The molecule has 118 valence electrons. The molecule has 0 aliphatic heterocycles. The van der Waals surface area contributed by atoms with Crippen LogP contribution < -0.4 is 0 Å². The number of nitriles is 1. The Hall–Kier alpha value is -2.40. The van der Waals surface area contributed by atoms with E-state index in [0.29, 0.717) is 11.9 Å². The van der Waals surface area contributed by atoms with Crippen molar-refractivity contribution in [3.63, 3.8) is 0 Å². The van der Waals surface area contributed by atoms with Gasteiger partial charge in [0, 0.05) is 0 Å². The fraction of sp³-hybridized carbons (Fsp3) is 0.286. The molecular weight excluding hydrogens is 285 g/mol. The molecule has 2 rings (SSSR count). The third-order valence-corrected chi connectivity index (χ3v) is 3.98. The zero-order valence-electron chi connectivity index (χ0n) is 13.3.